The van der Waals surface area contributed by atoms with Crippen LogP contribution in [0, 0.1) is 5.41 Å². The van der Waals surface area contributed by atoms with Gasteiger partial charge in [-0.05, 0) is 24.6 Å². The Hall–Kier alpha value is -1.26. The second-order valence-corrected chi connectivity index (χ2v) is 5.67. The molecule has 1 fully saturated rings. The van der Waals surface area contributed by atoms with Crippen LogP contribution in [0.5, 0.6) is 0 Å². The lowest BCUT2D eigenvalue weighted by Crippen LogP contribution is -2.61. The Balaban J connectivity index is 1.90. The zero-order valence-electron chi connectivity index (χ0n) is 10.4. The first-order valence-corrected chi connectivity index (χ1v) is 6.28. The van der Waals surface area contributed by atoms with E-state index in [1.54, 1.807) is 24.3 Å². The molecule has 1 aliphatic carbocycles. The van der Waals surface area contributed by atoms with Gasteiger partial charge in [-0.25, -0.2) is 4.79 Å². The summed E-state index contributed by atoms with van der Waals surface area (Å²) in [7, 11) is 0. The Bertz CT molecular complexity index is 462. The van der Waals surface area contributed by atoms with Gasteiger partial charge in [-0.15, -0.1) is 0 Å². The number of amides is 2. The lowest BCUT2D eigenvalue weighted by atomic mass is 9.65. The molecule has 5 heteroatoms. The van der Waals surface area contributed by atoms with Crippen molar-refractivity contribution in [1.29, 1.82) is 0 Å². The molecular weight excluding hydrogens is 252 g/mol. The van der Waals surface area contributed by atoms with Gasteiger partial charge in [-0.3, -0.25) is 0 Å². The number of hydrogen-bond donors (Lipinski definition) is 3. The Labute approximate surface area is 111 Å². The summed E-state index contributed by atoms with van der Waals surface area (Å²) in [5.74, 6) is 0. The molecular formula is C13H17ClN2O2. The Morgan fingerprint density at radius 1 is 1.50 bits per heavy atom. The molecule has 1 aromatic carbocycles. The van der Waals surface area contributed by atoms with Crippen molar-refractivity contribution in [2.75, 3.05) is 5.32 Å². The van der Waals surface area contributed by atoms with Crippen LogP contribution in [-0.4, -0.2) is 23.3 Å². The quantitative estimate of drug-likeness (QED) is 0.772. The van der Waals surface area contributed by atoms with E-state index < -0.39 is 0 Å². The predicted octanol–water partition coefficient (Wildman–Crippen LogP) is 2.62. The molecule has 0 aromatic heterocycles. The van der Waals surface area contributed by atoms with E-state index in [0.717, 1.165) is 0 Å². The lowest BCUT2D eigenvalue weighted by Gasteiger charge is -2.49. The number of benzene rings is 1. The van der Waals surface area contributed by atoms with Crippen molar-refractivity contribution in [2.45, 2.75) is 32.4 Å². The van der Waals surface area contributed by atoms with E-state index in [2.05, 4.69) is 10.6 Å². The fourth-order valence-electron chi connectivity index (χ4n) is 2.04. The van der Waals surface area contributed by atoms with Gasteiger partial charge in [-0.2, -0.15) is 0 Å². The van der Waals surface area contributed by atoms with Crippen LogP contribution in [0.3, 0.4) is 0 Å². The summed E-state index contributed by atoms with van der Waals surface area (Å²) in [6, 6.07) is 6.69. The van der Waals surface area contributed by atoms with Crippen LogP contribution in [0.4, 0.5) is 10.5 Å². The highest BCUT2D eigenvalue weighted by molar-refractivity contribution is 6.30. The van der Waals surface area contributed by atoms with Crippen molar-refractivity contribution in [3.8, 4) is 0 Å². The zero-order chi connectivity index (χ0) is 13.3. The average Bonchev–Trinajstić information content (AvgIpc) is 2.28. The maximum atomic E-state index is 11.8. The molecule has 3 N–H and O–H groups in total. The van der Waals surface area contributed by atoms with Crippen LogP contribution >= 0.6 is 11.6 Å². The number of halogens is 1. The van der Waals surface area contributed by atoms with Crippen LogP contribution < -0.4 is 10.6 Å². The van der Waals surface area contributed by atoms with Crippen molar-refractivity contribution in [3.05, 3.63) is 29.3 Å². The topological polar surface area (TPSA) is 61.4 Å². The molecule has 98 valence electrons. The van der Waals surface area contributed by atoms with Crippen LogP contribution in [0.2, 0.25) is 5.02 Å². The molecule has 1 aromatic rings. The number of urea groups is 1. The normalized spacial score (nSPS) is 25.1. The summed E-state index contributed by atoms with van der Waals surface area (Å²) in [6.07, 6.45) is 0.240. The smallest absolute Gasteiger partial charge is 0.319 e. The highest BCUT2D eigenvalue weighted by atomic mass is 35.5. The van der Waals surface area contributed by atoms with Gasteiger partial charge in [0.05, 0.1) is 6.10 Å². The molecule has 0 aliphatic heterocycles. The first kappa shape index (κ1) is 13.2. The summed E-state index contributed by atoms with van der Waals surface area (Å²) in [4.78, 5) is 11.8. The molecule has 2 amide bonds. The number of aliphatic hydroxyl groups is 1. The summed E-state index contributed by atoms with van der Waals surface area (Å²) >= 11 is 5.83. The molecule has 2 rings (SSSR count). The number of carbonyl (C=O) groups is 1. The first-order chi connectivity index (χ1) is 8.39. The molecule has 2 atom stereocenters. The first-order valence-electron chi connectivity index (χ1n) is 5.91. The van der Waals surface area contributed by atoms with Gasteiger partial charge in [-0.1, -0.05) is 31.5 Å². The second kappa shape index (κ2) is 4.78. The van der Waals surface area contributed by atoms with E-state index in [4.69, 9.17) is 11.6 Å². The molecule has 0 bridgehead atoms. The van der Waals surface area contributed by atoms with Crippen LogP contribution in [0.15, 0.2) is 24.3 Å². The second-order valence-electron chi connectivity index (χ2n) is 5.23. The van der Waals surface area contributed by atoms with Crippen molar-refractivity contribution in [3.63, 3.8) is 0 Å². The minimum Gasteiger partial charge on any atom is -0.392 e. The van der Waals surface area contributed by atoms with Crippen molar-refractivity contribution >= 4 is 23.3 Å². The van der Waals surface area contributed by atoms with Gasteiger partial charge < -0.3 is 15.7 Å². The largest absolute Gasteiger partial charge is 0.392 e. The molecule has 1 saturated carbocycles. The molecule has 1 aliphatic rings. The van der Waals surface area contributed by atoms with Crippen molar-refractivity contribution in [2.24, 2.45) is 5.41 Å². The minimum atomic E-state index is -0.353. The van der Waals surface area contributed by atoms with E-state index >= 15 is 0 Å². The molecule has 0 radical (unpaired) electrons. The standard InChI is InChI=1S/C13H17ClN2O2/c1-13(2)10(7-11(13)17)16-12(18)15-9-5-3-4-8(14)6-9/h3-6,10-11,17H,7H2,1-2H3,(H2,15,16,18). The van der Waals surface area contributed by atoms with Crippen LogP contribution in [-0.2, 0) is 0 Å². The summed E-state index contributed by atoms with van der Waals surface area (Å²) in [5, 5.41) is 15.7. The number of carbonyl (C=O) groups excluding carboxylic acids is 1. The fraction of sp³-hybridized carbons (Fsp3) is 0.462. The highest BCUT2D eigenvalue weighted by Gasteiger charge is 2.47. The Morgan fingerprint density at radius 2 is 2.22 bits per heavy atom. The van der Waals surface area contributed by atoms with Crippen LogP contribution in [0.25, 0.3) is 0 Å². The molecule has 4 nitrogen and oxygen atoms in total. The van der Waals surface area contributed by atoms with Gasteiger partial charge in [0, 0.05) is 22.2 Å². The number of anilines is 1. The van der Waals surface area contributed by atoms with E-state index in [0.29, 0.717) is 17.1 Å². The van der Waals surface area contributed by atoms with E-state index in [1.165, 1.54) is 0 Å². The maximum absolute atomic E-state index is 11.8. The Kier molecular flexibility index (Phi) is 3.50. The third-order valence-electron chi connectivity index (χ3n) is 3.60. The van der Waals surface area contributed by atoms with Crippen molar-refractivity contribution in [1.82, 2.24) is 5.32 Å². The number of aliphatic hydroxyl groups excluding tert-OH is 1. The summed E-state index contributed by atoms with van der Waals surface area (Å²) in [6.45, 7) is 3.87. The number of hydrogen-bond acceptors (Lipinski definition) is 2. The molecule has 0 saturated heterocycles. The van der Waals surface area contributed by atoms with Crippen LogP contribution in [0.1, 0.15) is 20.3 Å². The lowest BCUT2D eigenvalue weighted by molar-refractivity contribution is -0.0673. The maximum Gasteiger partial charge on any atom is 0.319 e. The van der Waals surface area contributed by atoms with Gasteiger partial charge in [0.2, 0.25) is 0 Å². The van der Waals surface area contributed by atoms with Gasteiger partial charge >= 0.3 is 6.03 Å². The van der Waals surface area contributed by atoms with Gasteiger partial charge in [0.25, 0.3) is 0 Å². The third kappa shape index (κ3) is 2.60. The summed E-state index contributed by atoms with van der Waals surface area (Å²) < 4.78 is 0. The van der Waals surface area contributed by atoms with Gasteiger partial charge in [0.1, 0.15) is 0 Å². The average molecular weight is 269 g/mol. The monoisotopic (exact) mass is 268 g/mol. The zero-order valence-corrected chi connectivity index (χ0v) is 11.2. The minimum absolute atomic E-state index is 0.00770. The van der Waals surface area contributed by atoms with Gasteiger partial charge in [0.15, 0.2) is 0 Å². The van der Waals surface area contributed by atoms with E-state index in [9.17, 15) is 9.90 Å². The SMILES string of the molecule is CC1(C)C(O)CC1NC(=O)Nc1cccc(Cl)c1. The van der Waals surface area contributed by atoms with E-state index in [-0.39, 0.29) is 23.6 Å². The number of rotatable bonds is 2. The molecule has 0 spiro atoms. The number of nitrogens with one attached hydrogen (secondary N) is 2. The van der Waals surface area contributed by atoms with E-state index in [1.807, 2.05) is 13.8 Å². The Morgan fingerprint density at radius 3 is 2.78 bits per heavy atom. The molecule has 18 heavy (non-hydrogen) atoms. The third-order valence-corrected chi connectivity index (χ3v) is 3.84. The molecule has 0 heterocycles. The predicted molar refractivity (Wildman–Crippen MR) is 71.8 cm³/mol. The highest BCUT2D eigenvalue weighted by Crippen LogP contribution is 2.40. The summed E-state index contributed by atoms with van der Waals surface area (Å²) in [5.41, 5.74) is 0.378. The molecule has 2 unspecified atom stereocenters. The van der Waals surface area contributed by atoms with Crippen molar-refractivity contribution < 1.29 is 9.90 Å². The fourth-order valence-corrected chi connectivity index (χ4v) is 2.23.